The highest BCUT2D eigenvalue weighted by atomic mass is 32.2. The third-order valence-corrected chi connectivity index (χ3v) is 4.34. The van der Waals surface area contributed by atoms with Crippen LogP contribution in [0.15, 0.2) is 11.5 Å². The van der Waals surface area contributed by atoms with Crippen molar-refractivity contribution in [1.82, 2.24) is 19.5 Å². The van der Waals surface area contributed by atoms with Crippen LogP contribution in [0, 0.1) is 0 Å². The summed E-state index contributed by atoms with van der Waals surface area (Å²) in [6.07, 6.45) is 6.89. The first-order valence-corrected chi connectivity index (χ1v) is 6.73. The smallest absolute Gasteiger partial charge is 0.191 e. The molecule has 1 fully saturated rings. The fourth-order valence-electron chi connectivity index (χ4n) is 2.22. The predicted octanol–water partition coefficient (Wildman–Crippen LogP) is 1.98. The lowest BCUT2D eigenvalue weighted by atomic mass is 10.4. The number of fused-ring (bicyclic) bond motifs is 1. The number of aromatic nitrogens is 4. The third-order valence-electron chi connectivity index (χ3n) is 3.14. The molecule has 0 amide bonds. The number of hydrogen-bond donors (Lipinski definition) is 1. The Morgan fingerprint density at radius 2 is 2.12 bits per heavy atom. The molecule has 3 rings (SSSR count). The zero-order valence-electron chi connectivity index (χ0n) is 9.76. The monoisotopic (exact) mass is 249 g/mol. The summed E-state index contributed by atoms with van der Waals surface area (Å²) in [4.78, 5) is 13.1. The number of thioether (sulfide) groups is 1. The number of nitrogen functional groups attached to an aromatic ring is 1. The molecule has 2 N–H and O–H groups in total. The van der Waals surface area contributed by atoms with E-state index in [9.17, 15) is 0 Å². The van der Waals surface area contributed by atoms with Gasteiger partial charge < -0.3 is 10.3 Å². The van der Waals surface area contributed by atoms with Crippen LogP contribution in [0.2, 0.25) is 0 Å². The molecule has 0 radical (unpaired) electrons. The fraction of sp³-hybridized carbons (Fsp3) is 0.545. The van der Waals surface area contributed by atoms with Gasteiger partial charge in [0.25, 0.3) is 0 Å². The van der Waals surface area contributed by atoms with Crippen molar-refractivity contribution >= 4 is 28.7 Å². The quantitative estimate of drug-likeness (QED) is 0.824. The highest BCUT2D eigenvalue weighted by Crippen LogP contribution is 2.33. The predicted molar refractivity (Wildman–Crippen MR) is 68.8 cm³/mol. The molecular formula is C11H15N5S. The van der Waals surface area contributed by atoms with Gasteiger partial charge in [-0.3, -0.25) is 0 Å². The second kappa shape index (κ2) is 4.18. The Morgan fingerprint density at radius 1 is 1.35 bits per heavy atom. The molecule has 17 heavy (non-hydrogen) atoms. The van der Waals surface area contributed by atoms with Crippen LogP contribution in [0.1, 0.15) is 25.7 Å². The summed E-state index contributed by atoms with van der Waals surface area (Å²) >= 11 is 1.75. The van der Waals surface area contributed by atoms with Gasteiger partial charge in [0.05, 0.1) is 6.33 Å². The first kappa shape index (κ1) is 10.8. The van der Waals surface area contributed by atoms with Crippen LogP contribution in [0.25, 0.3) is 11.2 Å². The maximum atomic E-state index is 5.90. The van der Waals surface area contributed by atoms with Crippen molar-refractivity contribution in [1.29, 1.82) is 0 Å². The van der Waals surface area contributed by atoms with Gasteiger partial charge in [0.2, 0.25) is 0 Å². The van der Waals surface area contributed by atoms with Crippen LogP contribution in [0.4, 0.5) is 5.82 Å². The van der Waals surface area contributed by atoms with Gasteiger partial charge in [-0.2, -0.15) is 0 Å². The minimum atomic E-state index is 0.482. The fourth-order valence-corrected chi connectivity index (χ4v) is 3.37. The molecule has 1 saturated carbocycles. The number of anilines is 1. The lowest BCUT2D eigenvalue weighted by Gasteiger charge is -2.07. The van der Waals surface area contributed by atoms with E-state index in [0.29, 0.717) is 16.6 Å². The molecule has 5 nitrogen and oxygen atoms in total. The topological polar surface area (TPSA) is 69.6 Å². The van der Waals surface area contributed by atoms with Gasteiger partial charge >= 0.3 is 0 Å². The van der Waals surface area contributed by atoms with Gasteiger partial charge in [0.15, 0.2) is 16.6 Å². The summed E-state index contributed by atoms with van der Waals surface area (Å²) in [6, 6.07) is 0. The van der Waals surface area contributed by atoms with Crippen molar-refractivity contribution in [3.8, 4) is 0 Å². The number of nitrogens with zero attached hydrogens (tertiary/aromatic N) is 4. The van der Waals surface area contributed by atoms with E-state index in [-0.39, 0.29) is 0 Å². The Kier molecular flexibility index (Phi) is 2.66. The zero-order valence-corrected chi connectivity index (χ0v) is 10.6. The molecule has 2 heterocycles. The van der Waals surface area contributed by atoms with Crippen molar-refractivity contribution < 1.29 is 0 Å². The Balaban J connectivity index is 1.96. The molecule has 2 aromatic rings. The van der Waals surface area contributed by atoms with Crippen molar-refractivity contribution in [2.24, 2.45) is 7.05 Å². The first-order chi connectivity index (χ1) is 8.24. The van der Waals surface area contributed by atoms with Gasteiger partial charge in [-0.1, -0.05) is 24.6 Å². The molecule has 0 aliphatic heterocycles. The SMILES string of the molecule is Cn1cnc2c(N)nc(SC3CCCC3)nc21. The first-order valence-electron chi connectivity index (χ1n) is 5.85. The van der Waals surface area contributed by atoms with E-state index in [4.69, 9.17) is 5.73 Å². The maximum absolute atomic E-state index is 5.90. The van der Waals surface area contributed by atoms with E-state index in [2.05, 4.69) is 15.0 Å². The average Bonchev–Trinajstić information content (AvgIpc) is 2.90. The minimum absolute atomic E-state index is 0.482. The average molecular weight is 249 g/mol. The lowest BCUT2D eigenvalue weighted by molar-refractivity contribution is 0.877. The maximum Gasteiger partial charge on any atom is 0.191 e. The number of hydrogen-bond acceptors (Lipinski definition) is 5. The molecule has 0 atom stereocenters. The second-order valence-electron chi connectivity index (χ2n) is 4.44. The van der Waals surface area contributed by atoms with Crippen LogP contribution in [-0.4, -0.2) is 24.8 Å². The standard InChI is InChI=1S/C11H15N5S/c1-16-6-13-8-9(12)14-11(15-10(8)16)17-7-4-2-3-5-7/h6-7H,2-5H2,1H3,(H2,12,14,15). The zero-order chi connectivity index (χ0) is 11.8. The van der Waals surface area contributed by atoms with Crippen molar-refractivity contribution in [2.75, 3.05) is 5.73 Å². The summed E-state index contributed by atoms with van der Waals surface area (Å²) in [7, 11) is 1.92. The molecular weight excluding hydrogens is 234 g/mol. The summed E-state index contributed by atoms with van der Waals surface area (Å²) in [6.45, 7) is 0. The molecule has 6 heteroatoms. The molecule has 0 unspecified atom stereocenters. The molecule has 0 aromatic carbocycles. The number of rotatable bonds is 2. The van der Waals surface area contributed by atoms with Gasteiger partial charge in [-0.05, 0) is 12.8 Å². The third kappa shape index (κ3) is 1.97. The summed E-state index contributed by atoms with van der Waals surface area (Å²) in [5.74, 6) is 0.482. The molecule has 1 aliphatic rings. The normalized spacial score (nSPS) is 17.0. The van der Waals surface area contributed by atoms with Gasteiger partial charge in [-0.15, -0.1) is 0 Å². The molecule has 0 bridgehead atoms. The van der Waals surface area contributed by atoms with Crippen molar-refractivity contribution in [3.05, 3.63) is 6.33 Å². The second-order valence-corrected chi connectivity index (χ2v) is 5.71. The van der Waals surface area contributed by atoms with Crippen molar-refractivity contribution in [3.63, 3.8) is 0 Å². The highest BCUT2D eigenvalue weighted by molar-refractivity contribution is 7.99. The Hall–Kier alpha value is -1.30. The van der Waals surface area contributed by atoms with Crippen LogP contribution in [-0.2, 0) is 7.05 Å². The van der Waals surface area contributed by atoms with E-state index in [0.717, 1.165) is 10.8 Å². The Morgan fingerprint density at radius 3 is 2.88 bits per heavy atom. The van der Waals surface area contributed by atoms with E-state index in [1.165, 1.54) is 25.7 Å². The Labute approximate surface area is 104 Å². The Bertz CT molecular complexity index is 544. The number of imidazole rings is 1. The molecule has 0 saturated heterocycles. The van der Waals surface area contributed by atoms with E-state index < -0.39 is 0 Å². The number of nitrogens with two attached hydrogens (primary N) is 1. The van der Waals surface area contributed by atoms with Crippen molar-refractivity contribution in [2.45, 2.75) is 36.1 Å². The van der Waals surface area contributed by atoms with E-state index in [1.807, 2.05) is 11.6 Å². The van der Waals surface area contributed by atoms with Crippen LogP contribution >= 0.6 is 11.8 Å². The van der Waals surface area contributed by atoms with Gasteiger partial charge in [0, 0.05) is 12.3 Å². The van der Waals surface area contributed by atoms with Gasteiger partial charge in [-0.25, -0.2) is 15.0 Å². The van der Waals surface area contributed by atoms with E-state index in [1.54, 1.807) is 18.1 Å². The van der Waals surface area contributed by atoms with Gasteiger partial charge in [0.1, 0.15) is 5.52 Å². The minimum Gasteiger partial charge on any atom is -0.382 e. The summed E-state index contributed by atoms with van der Waals surface area (Å²) in [5, 5.41) is 1.44. The number of aryl methyl sites for hydroxylation is 1. The molecule has 2 aromatic heterocycles. The van der Waals surface area contributed by atoms with Crippen LogP contribution in [0.5, 0.6) is 0 Å². The van der Waals surface area contributed by atoms with Crippen LogP contribution < -0.4 is 5.73 Å². The highest BCUT2D eigenvalue weighted by Gasteiger charge is 2.19. The largest absolute Gasteiger partial charge is 0.382 e. The molecule has 90 valence electrons. The molecule has 0 spiro atoms. The van der Waals surface area contributed by atoms with E-state index >= 15 is 0 Å². The lowest BCUT2D eigenvalue weighted by Crippen LogP contribution is -2.02. The summed E-state index contributed by atoms with van der Waals surface area (Å²) in [5.41, 5.74) is 7.42. The molecule has 1 aliphatic carbocycles. The van der Waals surface area contributed by atoms with Crippen LogP contribution in [0.3, 0.4) is 0 Å². The summed E-state index contributed by atoms with van der Waals surface area (Å²) < 4.78 is 1.88.